The zero-order chi connectivity index (χ0) is 14.8. The van der Waals surface area contributed by atoms with Crippen molar-refractivity contribution in [1.29, 1.82) is 0 Å². The van der Waals surface area contributed by atoms with Gasteiger partial charge in [-0.15, -0.1) is 0 Å². The minimum atomic E-state index is -1.06. The molecule has 4 unspecified atom stereocenters. The number of ketones is 2. The van der Waals surface area contributed by atoms with E-state index < -0.39 is 17.7 Å². The third-order valence-corrected chi connectivity index (χ3v) is 7.38. The van der Waals surface area contributed by atoms with Gasteiger partial charge in [-0.25, -0.2) is 0 Å². The number of rotatable bonds is 6. The SMILES string of the molecule is CCC(C(=O)C1CC2(CCSS2)CN1)C(N)C(=O)[C]=O. The maximum absolute atomic E-state index is 12.5. The van der Waals surface area contributed by atoms with Crippen LogP contribution in [0, 0.1) is 5.92 Å². The fourth-order valence-corrected chi connectivity index (χ4v) is 6.24. The first kappa shape index (κ1) is 16.0. The van der Waals surface area contributed by atoms with Crippen LogP contribution in [0.3, 0.4) is 0 Å². The molecule has 7 heteroatoms. The van der Waals surface area contributed by atoms with Gasteiger partial charge in [-0.2, -0.15) is 0 Å². The van der Waals surface area contributed by atoms with E-state index in [0.717, 1.165) is 25.1 Å². The van der Waals surface area contributed by atoms with Crippen molar-refractivity contribution in [3.05, 3.63) is 0 Å². The minimum Gasteiger partial charge on any atom is -0.320 e. The molecular formula is C13H19N2O3S2. The van der Waals surface area contributed by atoms with E-state index in [4.69, 9.17) is 5.73 Å². The zero-order valence-corrected chi connectivity index (χ0v) is 13.0. The van der Waals surface area contributed by atoms with Crippen LogP contribution in [0.5, 0.6) is 0 Å². The number of nitrogens with one attached hydrogen (secondary N) is 1. The summed E-state index contributed by atoms with van der Waals surface area (Å²) < 4.78 is 0.147. The Balaban J connectivity index is 2.02. The maximum atomic E-state index is 12.5. The molecule has 2 heterocycles. The first-order chi connectivity index (χ1) is 9.53. The highest BCUT2D eigenvalue weighted by Gasteiger charge is 2.46. The molecule has 2 rings (SSSR count). The number of Topliss-reactive ketones (excluding diaryl/α,β-unsaturated/α-hetero) is 2. The monoisotopic (exact) mass is 315 g/mol. The van der Waals surface area contributed by atoms with Gasteiger partial charge in [-0.05, 0) is 19.3 Å². The summed E-state index contributed by atoms with van der Waals surface area (Å²) in [5, 5.41) is 3.27. The highest BCUT2D eigenvalue weighted by atomic mass is 33.1. The fraction of sp³-hybridized carbons (Fsp3) is 0.769. The highest BCUT2D eigenvalue weighted by molar-refractivity contribution is 8.77. The molecule has 2 saturated heterocycles. The topological polar surface area (TPSA) is 89.3 Å². The molecule has 2 fully saturated rings. The van der Waals surface area contributed by atoms with Crippen molar-refractivity contribution in [3.8, 4) is 0 Å². The lowest BCUT2D eigenvalue weighted by atomic mass is 9.85. The van der Waals surface area contributed by atoms with Crippen molar-refractivity contribution < 1.29 is 14.4 Å². The van der Waals surface area contributed by atoms with Crippen molar-refractivity contribution in [3.63, 3.8) is 0 Å². The number of carbonyl (C=O) groups is 2. The Hall–Kier alpha value is -0.370. The van der Waals surface area contributed by atoms with E-state index >= 15 is 0 Å². The Labute approximate surface area is 126 Å². The lowest BCUT2D eigenvalue weighted by Crippen LogP contribution is -2.47. The van der Waals surface area contributed by atoms with Gasteiger partial charge in [0.15, 0.2) is 5.78 Å². The molecule has 2 aliphatic heterocycles. The van der Waals surface area contributed by atoms with Gasteiger partial charge in [-0.3, -0.25) is 14.4 Å². The Bertz CT molecular complexity index is 410. The lowest BCUT2D eigenvalue weighted by Gasteiger charge is -2.23. The molecule has 0 aromatic carbocycles. The molecule has 0 aliphatic carbocycles. The van der Waals surface area contributed by atoms with Gasteiger partial charge < -0.3 is 11.1 Å². The average molecular weight is 315 g/mol. The number of hydrogen-bond donors (Lipinski definition) is 2. The Morgan fingerprint density at radius 3 is 2.85 bits per heavy atom. The van der Waals surface area contributed by atoms with Gasteiger partial charge in [0.05, 0.1) is 12.1 Å². The average Bonchev–Trinajstić information content (AvgIpc) is 3.09. The third kappa shape index (κ3) is 3.10. The molecule has 111 valence electrons. The summed E-state index contributed by atoms with van der Waals surface area (Å²) in [6.07, 6.45) is 3.62. The van der Waals surface area contributed by atoms with Crippen LogP contribution in [0.15, 0.2) is 0 Å². The van der Waals surface area contributed by atoms with Gasteiger partial charge in [0, 0.05) is 23.0 Å². The summed E-state index contributed by atoms with van der Waals surface area (Å²) >= 11 is 0. The smallest absolute Gasteiger partial charge is 0.273 e. The molecular weight excluding hydrogens is 296 g/mol. The summed E-state index contributed by atoms with van der Waals surface area (Å²) in [7, 11) is 3.70. The molecule has 20 heavy (non-hydrogen) atoms. The zero-order valence-electron chi connectivity index (χ0n) is 11.4. The van der Waals surface area contributed by atoms with Crippen molar-refractivity contribution in [2.45, 2.75) is 43.0 Å². The van der Waals surface area contributed by atoms with Gasteiger partial charge in [0.25, 0.3) is 6.29 Å². The van der Waals surface area contributed by atoms with E-state index in [-0.39, 0.29) is 16.6 Å². The molecule has 1 radical (unpaired) electrons. The second kappa shape index (κ2) is 6.60. The molecule has 0 bridgehead atoms. The van der Waals surface area contributed by atoms with Crippen molar-refractivity contribution in [2.24, 2.45) is 11.7 Å². The highest BCUT2D eigenvalue weighted by Crippen LogP contribution is 2.51. The van der Waals surface area contributed by atoms with Crippen LogP contribution in [0.2, 0.25) is 0 Å². The number of nitrogens with two attached hydrogens (primary N) is 1. The molecule has 0 aromatic rings. The summed E-state index contributed by atoms with van der Waals surface area (Å²) in [5.41, 5.74) is 5.73. The van der Waals surface area contributed by atoms with E-state index in [1.165, 1.54) is 6.29 Å². The summed E-state index contributed by atoms with van der Waals surface area (Å²) in [6, 6.07) is -1.31. The van der Waals surface area contributed by atoms with Gasteiger partial charge >= 0.3 is 0 Å². The van der Waals surface area contributed by atoms with Crippen LogP contribution >= 0.6 is 21.6 Å². The molecule has 1 spiro atoms. The Morgan fingerprint density at radius 1 is 1.55 bits per heavy atom. The molecule has 5 nitrogen and oxygen atoms in total. The predicted molar refractivity (Wildman–Crippen MR) is 81.3 cm³/mol. The van der Waals surface area contributed by atoms with Crippen LogP contribution in [0.25, 0.3) is 0 Å². The van der Waals surface area contributed by atoms with E-state index in [2.05, 4.69) is 5.32 Å². The van der Waals surface area contributed by atoms with E-state index in [9.17, 15) is 14.4 Å². The summed E-state index contributed by atoms with van der Waals surface area (Å²) in [4.78, 5) is 34.3. The van der Waals surface area contributed by atoms with E-state index in [0.29, 0.717) is 6.42 Å². The minimum absolute atomic E-state index is 0.0435. The molecule has 0 saturated carbocycles. The largest absolute Gasteiger partial charge is 0.320 e. The normalized spacial score (nSPS) is 32.2. The van der Waals surface area contributed by atoms with E-state index in [1.807, 2.05) is 28.5 Å². The summed E-state index contributed by atoms with van der Waals surface area (Å²) in [5.74, 6) is -0.347. The van der Waals surface area contributed by atoms with Gasteiger partial charge in [0.2, 0.25) is 5.78 Å². The fourth-order valence-electron chi connectivity index (χ4n) is 2.86. The van der Waals surface area contributed by atoms with Crippen molar-refractivity contribution >= 4 is 39.4 Å². The summed E-state index contributed by atoms with van der Waals surface area (Å²) in [6.45, 7) is 2.63. The van der Waals surface area contributed by atoms with Crippen LogP contribution in [-0.4, -0.2) is 47.0 Å². The second-order valence-corrected chi connectivity index (χ2v) is 8.27. The number of carbonyl (C=O) groups excluding carboxylic acids is 3. The van der Waals surface area contributed by atoms with Crippen molar-refractivity contribution in [1.82, 2.24) is 5.32 Å². The van der Waals surface area contributed by atoms with Crippen LogP contribution < -0.4 is 11.1 Å². The Kier molecular flexibility index (Phi) is 5.28. The van der Waals surface area contributed by atoms with Gasteiger partial charge in [0.1, 0.15) is 0 Å². The first-order valence-corrected chi connectivity index (χ1v) is 9.10. The van der Waals surface area contributed by atoms with E-state index in [1.54, 1.807) is 0 Å². The molecule has 3 N–H and O–H groups in total. The van der Waals surface area contributed by atoms with Gasteiger partial charge in [-0.1, -0.05) is 28.5 Å². The molecule has 4 atom stereocenters. The van der Waals surface area contributed by atoms with Crippen molar-refractivity contribution in [2.75, 3.05) is 12.3 Å². The molecule has 0 aromatic heterocycles. The maximum Gasteiger partial charge on any atom is 0.273 e. The van der Waals surface area contributed by atoms with Crippen LogP contribution in [0.4, 0.5) is 0 Å². The predicted octanol–water partition coefficient (Wildman–Crippen LogP) is 0.474. The quantitative estimate of drug-likeness (QED) is 0.544. The van der Waals surface area contributed by atoms with Crippen LogP contribution in [0.1, 0.15) is 26.2 Å². The second-order valence-electron chi connectivity index (χ2n) is 5.39. The first-order valence-electron chi connectivity index (χ1n) is 6.78. The van der Waals surface area contributed by atoms with Crippen LogP contribution in [-0.2, 0) is 14.4 Å². The third-order valence-electron chi connectivity index (χ3n) is 4.11. The lowest BCUT2D eigenvalue weighted by molar-refractivity contribution is -0.128. The Morgan fingerprint density at radius 2 is 2.30 bits per heavy atom. The molecule has 2 aliphatic rings. The standard InChI is InChI=1S/C13H19N2O3S2/c1-2-8(11(14)10(17)6-16)12(18)9-5-13(7-15-9)3-4-19-20-13/h8-9,11,15H,2-5,7,14H2,1H3. The molecule has 0 amide bonds. The number of hydrogen-bond acceptors (Lipinski definition) is 7.